The van der Waals surface area contributed by atoms with Gasteiger partial charge in [0.1, 0.15) is 5.78 Å². The lowest BCUT2D eigenvalue weighted by Gasteiger charge is -2.05. The maximum absolute atomic E-state index is 11.6. The Kier molecular flexibility index (Phi) is 1.18. The van der Waals surface area contributed by atoms with Gasteiger partial charge in [0, 0.05) is 16.4 Å². The molecule has 60 valence electrons. The number of carbonyl (C=O) groups excluding carboxylic acids is 1. The summed E-state index contributed by atoms with van der Waals surface area (Å²) in [5.74, 6) is -1.36. The molecule has 1 saturated carbocycles. The second kappa shape index (κ2) is 3.51. The Hall–Kier alpha value is -0.850. The number of hydrogen-bond acceptors (Lipinski definition) is 1. The van der Waals surface area contributed by atoms with Crippen molar-refractivity contribution in [3.63, 3.8) is 0 Å². The number of allylic oxidation sites excluding steroid dienone is 2. The van der Waals surface area contributed by atoms with Gasteiger partial charge >= 0.3 is 0 Å². The van der Waals surface area contributed by atoms with Crippen molar-refractivity contribution in [1.29, 1.82) is 0 Å². The van der Waals surface area contributed by atoms with Crippen LogP contribution in [0.5, 0.6) is 0 Å². The van der Waals surface area contributed by atoms with E-state index in [1.54, 1.807) is 0 Å². The van der Waals surface area contributed by atoms with Gasteiger partial charge < -0.3 is 0 Å². The van der Waals surface area contributed by atoms with Crippen molar-refractivity contribution in [2.45, 2.75) is 25.6 Å². The molecule has 1 aliphatic rings. The average Bonchev–Trinajstić information content (AvgIpc) is 2.47. The molecular weight excluding hydrogens is 136 g/mol. The van der Waals surface area contributed by atoms with E-state index >= 15 is 0 Å². The van der Waals surface area contributed by atoms with Crippen molar-refractivity contribution >= 4 is 5.78 Å². The van der Waals surface area contributed by atoms with Crippen LogP contribution in [0.1, 0.15) is 32.5 Å². The third kappa shape index (κ3) is 2.04. The summed E-state index contributed by atoms with van der Waals surface area (Å²) in [6.07, 6.45) is -1.18. The fourth-order valence-electron chi connectivity index (χ4n) is 1.07. The molecule has 0 aromatic rings. The van der Waals surface area contributed by atoms with E-state index in [2.05, 4.69) is 6.58 Å². The Bertz CT molecular complexity index is 343. The summed E-state index contributed by atoms with van der Waals surface area (Å²) in [7, 11) is 0. The van der Waals surface area contributed by atoms with E-state index in [4.69, 9.17) is 6.85 Å². The van der Waals surface area contributed by atoms with Crippen molar-refractivity contribution in [2.75, 3.05) is 0 Å². The van der Waals surface area contributed by atoms with E-state index < -0.39 is 31.0 Å². The second-order valence-electron chi connectivity index (χ2n) is 2.50. The van der Waals surface area contributed by atoms with Crippen molar-refractivity contribution in [3.05, 3.63) is 24.8 Å². The SMILES string of the molecule is [2H]C([2H])=C(C=C)C([2H])([2H])[C@@H]1CC[C@H]([2H])C1=O. The fraction of sp³-hybridized carbons (Fsp3) is 0.500. The summed E-state index contributed by atoms with van der Waals surface area (Å²) in [4.78, 5) is 11.6. The molecule has 0 bridgehead atoms. The van der Waals surface area contributed by atoms with Crippen LogP contribution in [0.4, 0.5) is 0 Å². The zero-order valence-electron chi connectivity index (χ0n) is 11.3. The van der Waals surface area contributed by atoms with Crippen molar-refractivity contribution in [1.82, 2.24) is 0 Å². The fourth-order valence-corrected chi connectivity index (χ4v) is 1.07. The second-order valence-corrected chi connectivity index (χ2v) is 2.50. The highest BCUT2D eigenvalue weighted by Gasteiger charge is 2.23. The minimum absolute atomic E-state index is 0.181. The maximum Gasteiger partial charge on any atom is 0.136 e. The number of Topliss-reactive ketones (excluding diaryl/α,β-unsaturated/α-hetero) is 1. The van der Waals surface area contributed by atoms with E-state index in [-0.39, 0.29) is 5.57 Å². The van der Waals surface area contributed by atoms with Crippen molar-refractivity contribution in [2.24, 2.45) is 5.92 Å². The molecule has 2 atom stereocenters. The normalized spacial score (nSPS) is 37.8. The van der Waals surface area contributed by atoms with Gasteiger partial charge in [0.2, 0.25) is 0 Å². The lowest BCUT2D eigenvalue weighted by Crippen LogP contribution is -2.05. The maximum atomic E-state index is 11.6. The van der Waals surface area contributed by atoms with Crippen LogP contribution in [0, 0.1) is 5.92 Å². The van der Waals surface area contributed by atoms with Gasteiger partial charge in [0.05, 0.1) is 2.74 Å². The summed E-state index contributed by atoms with van der Waals surface area (Å²) in [6, 6.07) is 0. The third-order valence-electron chi connectivity index (χ3n) is 1.68. The quantitative estimate of drug-likeness (QED) is 0.572. The van der Waals surface area contributed by atoms with Gasteiger partial charge in [-0.05, 0) is 19.2 Å². The van der Waals surface area contributed by atoms with Gasteiger partial charge in [-0.1, -0.05) is 24.8 Å². The Morgan fingerprint density at radius 2 is 2.91 bits per heavy atom. The molecule has 1 heteroatoms. The molecule has 0 amide bonds. The van der Waals surface area contributed by atoms with Gasteiger partial charge in [-0.25, -0.2) is 0 Å². The first kappa shape index (κ1) is 3.70. The zero-order valence-corrected chi connectivity index (χ0v) is 6.26. The minimum atomic E-state index is -2.06. The van der Waals surface area contributed by atoms with Crippen LogP contribution in [-0.4, -0.2) is 5.78 Å². The van der Waals surface area contributed by atoms with Gasteiger partial charge in [-0.15, -0.1) is 0 Å². The van der Waals surface area contributed by atoms with Crippen LogP contribution in [0.25, 0.3) is 0 Å². The molecule has 1 nitrogen and oxygen atoms in total. The minimum Gasteiger partial charge on any atom is -0.299 e. The molecule has 1 fully saturated rings. The molecule has 0 N–H and O–H groups in total. The van der Waals surface area contributed by atoms with Crippen molar-refractivity contribution < 1.29 is 11.6 Å². The first-order valence-corrected chi connectivity index (χ1v) is 3.58. The molecular formula is C10H14O. The number of ketones is 1. The van der Waals surface area contributed by atoms with E-state index in [1.807, 2.05) is 0 Å². The molecule has 0 aromatic heterocycles. The monoisotopic (exact) mass is 155 g/mol. The molecule has 1 aliphatic carbocycles. The summed E-state index contributed by atoms with van der Waals surface area (Å²) < 4.78 is 37.3. The lowest BCUT2D eigenvalue weighted by atomic mass is 9.98. The van der Waals surface area contributed by atoms with Gasteiger partial charge in [-0.3, -0.25) is 4.79 Å². The van der Waals surface area contributed by atoms with Crippen LogP contribution < -0.4 is 0 Å². The summed E-state index contributed by atoms with van der Waals surface area (Å²) in [6.45, 7) is 2.70. The van der Waals surface area contributed by atoms with Crippen LogP contribution >= 0.6 is 0 Å². The molecule has 0 heterocycles. The lowest BCUT2D eigenvalue weighted by molar-refractivity contribution is -0.120. The van der Waals surface area contributed by atoms with Crippen LogP contribution in [0.3, 0.4) is 0 Å². The Labute approximate surface area is 74.8 Å². The summed E-state index contributed by atoms with van der Waals surface area (Å²) in [5.41, 5.74) is -0.181. The van der Waals surface area contributed by atoms with Gasteiger partial charge in [0.25, 0.3) is 0 Å². The van der Waals surface area contributed by atoms with E-state index in [0.717, 1.165) is 6.08 Å². The molecule has 0 radical (unpaired) electrons. The first-order chi connectivity index (χ1) is 7.32. The molecule has 0 spiro atoms. The topological polar surface area (TPSA) is 17.1 Å². The van der Waals surface area contributed by atoms with Crippen LogP contribution in [0.2, 0.25) is 0 Å². The average molecular weight is 155 g/mol. The molecule has 0 aromatic carbocycles. The van der Waals surface area contributed by atoms with E-state index in [1.165, 1.54) is 0 Å². The van der Waals surface area contributed by atoms with Crippen molar-refractivity contribution in [3.8, 4) is 0 Å². The molecule has 11 heavy (non-hydrogen) atoms. The molecule has 0 aliphatic heterocycles. The molecule has 0 saturated heterocycles. The predicted molar refractivity (Wildman–Crippen MR) is 46.3 cm³/mol. The van der Waals surface area contributed by atoms with Gasteiger partial charge in [-0.2, -0.15) is 0 Å². The molecule has 0 unspecified atom stereocenters. The summed E-state index contributed by atoms with van der Waals surface area (Å²) in [5, 5.41) is 0. The third-order valence-corrected chi connectivity index (χ3v) is 1.68. The number of hydrogen-bond donors (Lipinski definition) is 0. The zero-order chi connectivity index (χ0) is 12.5. The number of rotatable bonds is 3. The Morgan fingerprint density at radius 3 is 3.36 bits per heavy atom. The highest BCUT2D eigenvalue weighted by atomic mass is 16.1. The number of carbonyl (C=O) groups is 1. The van der Waals surface area contributed by atoms with Crippen LogP contribution in [0.15, 0.2) is 24.8 Å². The van der Waals surface area contributed by atoms with E-state index in [0.29, 0.717) is 12.8 Å². The Balaban J connectivity index is 3.07. The Morgan fingerprint density at radius 1 is 2.09 bits per heavy atom. The highest BCUT2D eigenvalue weighted by molar-refractivity contribution is 5.83. The van der Waals surface area contributed by atoms with Gasteiger partial charge in [0.15, 0.2) is 0 Å². The van der Waals surface area contributed by atoms with Crippen LogP contribution in [-0.2, 0) is 4.79 Å². The largest absolute Gasteiger partial charge is 0.299 e. The first-order valence-electron chi connectivity index (χ1n) is 6.16. The highest BCUT2D eigenvalue weighted by Crippen LogP contribution is 2.26. The van der Waals surface area contributed by atoms with E-state index in [9.17, 15) is 4.79 Å². The molecule has 1 rings (SSSR count). The standard InChI is InChI=1S/C10H14O/c1-3-8(2)7-9-5-4-6-10(9)11/h3,9H,1-2,4-7H2/t9-/m0/s1/i2D2,6D,7D2/t6-,9-. The smallest absolute Gasteiger partial charge is 0.136 e. The predicted octanol–water partition coefficient (Wildman–Crippen LogP) is 2.49. The summed E-state index contributed by atoms with van der Waals surface area (Å²) >= 11 is 0.